The van der Waals surface area contributed by atoms with Crippen LogP contribution in [0.1, 0.15) is 0 Å². The second kappa shape index (κ2) is 10.3. The summed E-state index contributed by atoms with van der Waals surface area (Å²) in [5.41, 5.74) is 2.62. The lowest BCUT2D eigenvalue weighted by atomic mass is 9.61. The summed E-state index contributed by atoms with van der Waals surface area (Å²) in [5, 5.41) is 0. The van der Waals surface area contributed by atoms with Gasteiger partial charge in [-0.15, -0.1) is 0 Å². The molecule has 1 saturated heterocycles. The number of rotatable bonds is 3. The Morgan fingerprint density at radius 1 is 0.433 bits per heavy atom. The fourth-order valence-electron chi connectivity index (χ4n) is 2.95. The summed E-state index contributed by atoms with van der Waals surface area (Å²) in [7, 11) is -1.91. The van der Waals surface area contributed by atoms with Crippen LogP contribution in [0.4, 0.5) is 0 Å². The first-order valence-corrected chi connectivity index (χ1v) is 13.4. The van der Waals surface area contributed by atoms with Crippen molar-refractivity contribution in [1.82, 2.24) is 0 Å². The third-order valence-corrected chi connectivity index (χ3v) is 7.93. The lowest BCUT2D eigenvalue weighted by Crippen LogP contribution is -2.61. The molecule has 0 N–H and O–H groups in total. The van der Waals surface area contributed by atoms with Gasteiger partial charge in [-0.25, -0.2) is 0 Å². The summed E-state index contributed by atoms with van der Waals surface area (Å²) in [6.07, 6.45) is 0. The first kappa shape index (κ1) is 23.8. The topological polar surface area (TPSA) is 27.7 Å². The second-order valence-electron chi connectivity index (χ2n) is 6.40. The van der Waals surface area contributed by atoms with Crippen LogP contribution in [0.2, 0.25) is 0 Å². The van der Waals surface area contributed by atoms with Crippen LogP contribution in [-0.4, -0.2) is 21.4 Å². The van der Waals surface area contributed by atoms with Gasteiger partial charge < -0.3 is 13.7 Å². The van der Waals surface area contributed by atoms with E-state index in [1.807, 2.05) is 54.6 Å². The second-order valence-corrected chi connectivity index (χ2v) is 11.7. The summed E-state index contributed by atoms with van der Waals surface area (Å²) >= 11 is 21.3. The van der Waals surface area contributed by atoms with Crippen molar-refractivity contribution in [3.8, 4) is 0 Å². The van der Waals surface area contributed by atoms with Crippen LogP contribution in [0.15, 0.2) is 81.4 Å². The Kier molecular flexibility index (Phi) is 8.13. The van der Waals surface area contributed by atoms with Gasteiger partial charge in [0.15, 0.2) is 0 Å². The molecule has 1 aliphatic heterocycles. The van der Waals surface area contributed by atoms with Crippen molar-refractivity contribution in [2.75, 3.05) is 0 Å². The minimum absolute atomic E-state index is 0.637. The highest BCUT2D eigenvalue weighted by Crippen LogP contribution is 2.23. The van der Waals surface area contributed by atoms with Crippen LogP contribution in [0, 0.1) is 0 Å². The van der Waals surface area contributed by atoms with Gasteiger partial charge in [0.25, 0.3) is 0 Å². The summed E-state index contributed by atoms with van der Waals surface area (Å²) in [6.45, 7) is 0. The van der Waals surface area contributed by atoms with E-state index in [2.05, 4.69) is 95.6 Å². The van der Waals surface area contributed by atoms with Gasteiger partial charge in [0, 0.05) is 26.8 Å². The van der Waals surface area contributed by atoms with Gasteiger partial charge >= 0.3 is 21.4 Å². The average Bonchev–Trinajstić information content (AvgIpc) is 2.67. The Morgan fingerprint density at radius 2 is 0.700 bits per heavy atom. The quantitative estimate of drug-likeness (QED) is 0.314. The molecule has 0 aromatic heterocycles. The largest absolute Gasteiger partial charge is 0.468 e. The average molecular weight is 785 g/mol. The van der Waals surface area contributed by atoms with E-state index in [-0.39, 0.29) is 0 Å². The first-order chi connectivity index (χ1) is 14.3. The van der Waals surface area contributed by atoms with E-state index < -0.39 is 21.4 Å². The summed E-state index contributed by atoms with van der Waals surface area (Å²) < 4.78 is 24.3. The fraction of sp³-hybridized carbons (Fsp3) is 0. The molecule has 0 spiro atoms. The van der Waals surface area contributed by atoms with Crippen molar-refractivity contribution < 1.29 is 13.7 Å². The maximum atomic E-state index is 6.26. The van der Waals surface area contributed by atoms with Gasteiger partial charge in [-0.3, -0.25) is 0 Å². The van der Waals surface area contributed by atoms with Crippen molar-refractivity contribution in [3.63, 3.8) is 0 Å². The van der Waals surface area contributed by atoms with Gasteiger partial charge in [-0.05, 0) is 52.8 Å². The van der Waals surface area contributed by atoms with E-state index in [0.717, 1.165) is 43.2 Å². The molecular formula is C18H9B3Br6O3. The molecule has 1 fully saturated rings. The molecule has 0 radical (unpaired) electrons. The van der Waals surface area contributed by atoms with E-state index >= 15 is 0 Å². The van der Waals surface area contributed by atoms with E-state index in [1.54, 1.807) is 0 Å². The maximum Gasteiger partial charge on any atom is 0.468 e. The zero-order valence-corrected chi connectivity index (χ0v) is 24.4. The highest BCUT2D eigenvalue weighted by Gasteiger charge is 2.45. The molecular weight excluding hydrogens is 776 g/mol. The lowest BCUT2D eigenvalue weighted by Gasteiger charge is -2.32. The predicted octanol–water partition coefficient (Wildman–Crippen LogP) is 5.81. The van der Waals surface area contributed by atoms with Gasteiger partial charge in [0.05, 0.1) is 0 Å². The molecule has 3 aromatic rings. The third-order valence-electron chi connectivity index (χ3n) is 4.39. The summed E-state index contributed by atoms with van der Waals surface area (Å²) in [5.74, 6) is 0. The molecule has 150 valence electrons. The van der Waals surface area contributed by atoms with Crippen LogP contribution in [0.5, 0.6) is 0 Å². The highest BCUT2D eigenvalue weighted by molar-refractivity contribution is 9.11. The van der Waals surface area contributed by atoms with Gasteiger partial charge in [-0.2, -0.15) is 0 Å². The number of halogens is 6. The molecule has 3 aromatic carbocycles. The Hall–Kier alpha value is 0.615. The molecule has 1 heterocycles. The minimum Gasteiger partial charge on any atom is -0.445 e. The van der Waals surface area contributed by atoms with Crippen LogP contribution < -0.4 is 16.4 Å². The summed E-state index contributed by atoms with van der Waals surface area (Å²) in [4.78, 5) is 0. The zero-order chi connectivity index (χ0) is 21.4. The molecule has 0 saturated carbocycles. The van der Waals surface area contributed by atoms with Crippen molar-refractivity contribution in [1.29, 1.82) is 0 Å². The van der Waals surface area contributed by atoms with E-state index in [0.29, 0.717) is 0 Å². The zero-order valence-electron chi connectivity index (χ0n) is 14.9. The highest BCUT2D eigenvalue weighted by atomic mass is 79.9. The van der Waals surface area contributed by atoms with Crippen LogP contribution in [0.3, 0.4) is 0 Å². The Bertz CT molecular complexity index is 960. The molecule has 12 heteroatoms. The summed E-state index contributed by atoms with van der Waals surface area (Å²) in [6, 6.07) is 17.7. The predicted molar refractivity (Wildman–Crippen MR) is 145 cm³/mol. The SMILES string of the molecule is Brc1ccc(B2OB(c3ccc(Br)cc3Br)OB(c3ccc(Br)cc3Br)O2)c(Br)c1. The monoisotopic (exact) mass is 780 g/mol. The molecule has 0 amide bonds. The maximum absolute atomic E-state index is 6.26. The molecule has 0 atom stereocenters. The fourth-order valence-corrected chi connectivity index (χ4v) is 6.65. The van der Waals surface area contributed by atoms with Crippen LogP contribution >= 0.6 is 95.6 Å². The lowest BCUT2D eigenvalue weighted by molar-refractivity contribution is 0.308. The Balaban J connectivity index is 1.75. The number of hydrogen-bond donors (Lipinski definition) is 0. The molecule has 4 rings (SSSR count). The van der Waals surface area contributed by atoms with Crippen LogP contribution in [0.25, 0.3) is 0 Å². The van der Waals surface area contributed by atoms with E-state index in [1.165, 1.54) is 0 Å². The van der Waals surface area contributed by atoms with E-state index in [9.17, 15) is 0 Å². The van der Waals surface area contributed by atoms with Gasteiger partial charge in [-0.1, -0.05) is 114 Å². The molecule has 3 nitrogen and oxygen atoms in total. The number of benzene rings is 3. The molecule has 0 aliphatic carbocycles. The van der Waals surface area contributed by atoms with Crippen molar-refractivity contribution in [3.05, 3.63) is 81.4 Å². The Morgan fingerprint density at radius 3 is 0.933 bits per heavy atom. The van der Waals surface area contributed by atoms with Crippen LogP contribution in [-0.2, 0) is 13.7 Å². The van der Waals surface area contributed by atoms with Gasteiger partial charge in [0.1, 0.15) is 0 Å². The number of hydrogen-bond acceptors (Lipinski definition) is 3. The molecule has 1 aliphatic rings. The van der Waals surface area contributed by atoms with Gasteiger partial charge in [0.2, 0.25) is 0 Å². The van der Waals surface area contributed by atoms with Crippen molar-refractivity contribution in [2.45, 2.75) is 0 Å². The van der Waals surface area contributed by atoms with Crippen molar-refractivity contribution in [2.24, 2.45) is 0 Å². The normalized spacial score (nSPS) is 14.4. The molecule has 0 bridgehead atoms. The van der Waals surface area contributed by atoms with Crippen molar-refractivity contribution >= 4 is 133 Å². The smallest absolute Gasteiger partial charge is 0.445 e. The minimum atomic E-state index is -0.637. The Labute approximate surface area is 226 Å². The molecule has 30 heavy (non-hydrogen) atoms. The first-order valence-electron chi connectivity index (χ1n) is 8.63. The van der Waals surface area contributed by atoms with E-state index in [4.69, 9.17) is 13.7 Å². The molecule has 0 unspecified atom stereocenters. The third kappa shape index (κ3) is 5.39. The standard InChI is InChI=1S/C18H9B3Br6O3/c22-10-1-4-13(16(25)7-10)19-28-20(14-5-2-11(23)8-17(14)26)30-21(29-19)15-6-3-12(24)9-18(15)27/h1-9H.